The minimum atomic E-state index is -0.456. The Labute approximate surface area is 131 Å². The van der Waals surface area contributed by atoms with Crippen molar-refractivity contribution in [2.24, 2.45) is 5.41 Å². The summed E-state index contributed by atoms with van der Waals surface area (Å²) >= 11 is 3.52. The van der Waals surface area contributed by atoms with E-state index in [9.17, 15) is 10.1 Å². The average molecular weight is 360 g/mol. The van der Waals surface area contributed by atoms with Gasteiger partial charge in [0.15, 0.2) is 5.75 Å². The molecule has 1 aliphatic heterocycles. The molecule has 0 radical (unpaired) electrons. The molecule has 0 aromatic heterocycles. The summed E-state index contributed by atoms with van der Waals surface area (Å²) in [6, 6.07) is 4.62. The zero-order valence-corrected chi connectivity index (χ0v) is 13.4. The Bertz CT molecular complexity index is 502. The van der Waals surface area contributed by atoms with Gasteiger partial charge in [0.2, 0.25) is 0 Å². The third-order valence-corrected chi connectivity index (χ3v) is 4.92. The van der Waals surface area contributed by atoms with Crippen LogP contribution >= 0.6 is 15.9 Å². The van der Waals surface area contributed by atoms with E-state index < -0.39 is 4.92 Å². The smallest absolute Gasteiger partial charge is 0.314 e. The average Bonchev–Trinajstić information content (AvgIpc) is 2.53. The number of benzene rings is 1. The van der Waals surface area contributed by atoms with E-state index in [1.54, 1.807) is 12.1 Å². The lowest BCUT2D eigenvalue weighted by Crippen LogP contribution is -2.36. The number of hydrogen-bond acceptors (Lipinski definition) is 5. The second-order valence-corrected chi connectivity index (χ2v) is 5.69. The molecule has 116 valence electrons. The van der Waals surface area contributed by atoms with E-state index in [0.29, 0.717) is 25.6 Å². The van der Waals surface area contributed by atoms with Crippen molar-refractivity contribution in [3.05, 3.63) is 28.3 Å². The summed E-state index contributed by atoms with van der Waals surface area (Å²) in [5.41, 5.74) is -0.113. The van der Waals surface area contributed by atoms with Gasteiger partial charge in [0.05, 0.1) is 24.7 Å². The summed E-state index contributed by atoms with van der Waals surface area (Å²) < 4.78 is 16.1. The molecule has 1 saturated heterocycles. The number of nitro groups is 1. The van der Waals surface area contributed by atoms with E-state index in [2.05, 4.69) is 15.9 Å². The number of ether oxygens (including phenoxy) is 3. The Morgan fingerprint density at radius 2 is 2.14 bits per heavy atom. The van der Waals surface area contributed by atoms with Crippen molar-refractivity contribution in [3.8, 4) is 11.5 Å². The number of alkyl halides is 1. The summed E-state index contributed by atoms with van der Waals surface area (Å²) in [6.45, 7) is 1.81. The van der Waals surface area contributed by atoms with Gasteiger partial charge in [-0.2, -0.15) is 0 Å². The van der Waals surface area contributed by atoms with E-state index in [-0.39, 0.29) is 16.9 Å². The van der Waals surface area contributed by atoms with Crippen LogP contribution in [0.4, 0.5) is 5.69 Å². The second-order valence-electron chi connectivity index (χ2n) is 5.13. The molecule has 7 heteroatoms. The molecule has 1 aromatic carbocycles. The van der Waals surface area contributed by atoms with E-state index in [1.807, 2.05) is 0 Å². The maximum Gasteiger partial charge on any atom is 0.314 e. The first-order valence-corrected chi connectivity index (χ1v) is 7.81. The van der Waals surface area contributed by atoms with Gasteiger partial charge in [-0.05, 0) is 25.0 Å². The highest BCUT2D eigenvalue weighted by Crippen LogP contribution is 2.36. The van der Waals surface area contributed by atoms with Crippen LogP contribution in [0.25, 0.3) is 0 Å². The second kappa shape index (κ2) is 7.09. The van der Waals surface area contributed by atoms with Crippen LogP contribution in [0.15, 0.2) is 18.2 Å². The molecule has 1 aliphatic rings. The fourth-order valence-electron chi connectivity index (χ4n) is 2.24. The molecule has 1 aromatic rings. The predicted octanol–water partition coefficient (Wildman–Crippen LogP) is 3.17. The van der Waals surface area contributed by atoms with Gasteiger partial charge in [0, 0.05) is 24.0 Å². The van der Waals surface area contributed by atoms with Gasteiger partial charge >= 0.3 is 5.69 Å². The fourth-order valence-corrected chi connectivity index (χ4v) is 2.96. The van der Waals surface area contributed by atoms with Crippen molar-refractivity contribution in [3.63, 3.8) is 0 Å². The third kappa shape index (κ3) is 3.85. The summed E-state index contributed by atoms with van der Waals surface area (Å²) in [7, 11) is 1.47. The molecule has 6 nitrogen and oxygen atoms in total. The van der Waals surface area contributed by atoms with Crippen molar-refractivity contribution in [2.45, 2.75) is 12.8 Å². The first kappa shape index (κ1) is 16.0. The number of halogens is 1. The highest BCUT2D eigenvalue weighted by Gasteiger charge is 2.33. The summed E-state index contributed by atoms with van der Waals surface area (Å²) in [4.78, 5) is 10.7. The van der Waals surface area contributed by atoms with Crippen molar-refractivity contribution < 1.29 is 19.1 Å². The molecule has 0 N–H and O–H groups in total. The Kier molecular flexibility index (Phi) is 5.41. The molecule has 0 spiro atoms. The van der Waals surface area contributed by atoms with E-state index in [4.69, 9.17) is 14.2 Å². The Balaban J connectivity index is 2.13. The quantitative estimate of drug-likeness (QED) is 0.443. The van der Waals surface area contributed by atoms with Gasteiger partial charge in [-0.25, -0.2) is 0 Å². The molecule has 0 aliphatic carbocycles. The molecule has 0 bridgehead atoms. The number of hydrogen-bond donors (Lipinski definition) is 0. The van der Waals surface area contributed by atoms with Crippen molar-refractivity contribution in [2.75, 3.05) is 32.3 Å². The minimum absolute atomic E-state index is 0.0357. The Hall–Kier alpha value is -1.34. The van der Waals surface area contributed by atoms with Gasteiger partial charge in [0.25, 0.3) is 0 Å². The van der Waals surface area contributed by atoms with Crippen LogP contribution in [0.5, 0.6) is 11.5 Å². The van der Waals surface area contributed by atoms with Gasteiger partial charge in [-0.1, -0.05) is 15.9 Å². The minimum Gasteiger partial charge on any atom is -0.496 e. The number of nitro benzene ring substituents is 1. The normalized spacial score (nSPS) is 17.2. The summed E-state index contributed by atoms with van der Waals surface area (Å²) in [5.74, 6) is 0.711. The van der Waals surface area contributed by atoms with Crippen molar-refractivity contribution in [1.82, 2.24) is 0 Å². The van der Waals surface area contributed by atoms with E-state index in [0.717, 1.165) is 18.2 Å². The lowest BCUT2D eigenvalue weighted by atomic mass is 9.83. The predicted molar refractivity (Wildman–Crippen MR) is 81.4 cm³/mol. The molecule has 2 rings (SSSR count). The molecule has 1 heterocycles. The monoisotopic (exact) mass is 359 g/mol. The van der Waals surface area contributed by atoms with Crippen LogP contribution in [-0.4, -0.2) is 37.2 Å². The first-order valence-electron chi connectivity index (χ1n) is 6.69. The largest absolute Gasteiger partial charge is 0.496 e. The zero-order chi connectivity index (χ0) is 15.3. The van der Waals surface area contributed by atoms with Crippen LogP contribution in [0.3, 0.4) is 0 Å². The van der Waals surface area contributed by atoms with Crippen molar-refractivity contribution >= 4 is 21.6 Å². The van der Waals surface area contributed by atoms with Gasteiger partial charge < -0.3 is 14.2 Å². The molecule has 1 fully saturated rings. The summed E-state index contributed by atoms with van der Waals surface area (Å²) in [6.07, 6.45) is 1.75. The third-order valence-electron chi connectivity index (χ3n) is 3.73. The topological polar surface area (TPSA) is 70.8 Å². The van der Waals surface area contributed by atoms with Gasteiger partial charge in [-0.15, -0.1) is 0 Å². The molecular formula is C14H18BrNO5. The van der Waals surface area contributed by atoms with Crippen LogP contribution < -0.4 is 9.47 Å². The maximum atomic E-state index is 11.1. The number of rotatable bonds is 6. The molecule has 0 unspecified atom stereocenters. The summed E-state index contributed by atoms with van der Waals surface area (Å²) in [5, 5.41) is 11.9. The number of nitrogens with zero attached hydrogens (tertiary/aromatic N) is 1. The molecule has 21 heavy (non-hydrogen) atoms. The fraction of sp³-hybridized carbons (Fsp3) is 0.571. The Morgan fingerprint density at radius 1 is 1.43 bits per heavy atom. The van der Waals surface area contributed by atoms with E-state index in [1.165, 1.54) is 13.2 Å². The van der Waals surface area contributed by atoms with Gasteiger partial charge in [-0.3, -0.25) is 10.1 Å². The highest BCUT2D eigenvalue weighted by molar-refractivity contribution is 9.09. The lowest BCUT2D eigenvalue weighted by molar-refractivity contribution is -0.386. The van der Waals surface area contributed by atoms with Crippen molar-refractivity contribution in [1.29, 1.82) is 0 Å². The highest BCUT2D eigenvalue weighted by atomic mass is 79.9. The maximum absolute atomic E-state index is 11.1. The zero-order valence-electron chi connectivity index (χ0n) is 11.8. The molecule has 0 saturated carbocycles. The van der Waals surface area contributed by atoms with Crippen LogP contribution in [0.2, 0.25) is 0 Å². The van der Waals surface area contributed by atoms with Gasteiger partial charge in [0.1, 0.15) is 5.75 Å². The van der Waals surface area contributed by atoms with Crippen LogP contribution in [0.1, 0.15) is 12.8 Å². The Morgan fingerprint density at radius 3 is 2.71 bits per heavy atom. The molecular weight excluding hydrogens is 342 g/mol. The first-order chi connectivity index (χ1) is 10.1. The van der Waals surface area contributed by atoms with Crippen LogP contribution in [-0.2, 0) is 4.74 Å². The standard InChI is InChI=1S/C14H18BrNO5/c1-19-11-2-3-13(12(8-11)16(17)18)21-10-14(9-15)4-6-20-7-5-14/h2-3,8H,4-7,9-10H2,1H3. The number of methoxy groups -OCH3 is 1. The molecule has 0 atom stereocenters. The lowest BCUT2D eigenvalue weighted by Gasteiger charge is -2.35. The SMILES string of the molecule is COc1ccc(OCC2(CBr)CCOCC2)c([N+](=O)[O-])c1. The van der Waals surface area contributed by atoms with Crippen LogP contribution in [0, 0.1) is 15.5 Å². The van der Waals surface area contributed by atoms with E-state index >= 15 is 0 Å². The molecule has 0 amide bonds.